The number of amides is 2. The lowest BCUT2D eigenvalue weighted by molar-refractivity contribution is -0.144. The molecule has 0 aromatic heterocycles. The molecule has 1 aromatic rings. The van der Waals surface area contributed by atoms with E-state index < -0.39 is 6.10 Å². The molecule has 3 N–H and O–H groups in total. The van der Waals surface area contributed by atoms with Gasteiger partial charge in [0.25, 0.3) is 5.91 Å². The van der Waals surface area contributed by atoms with Crippen LogP contribution in [0.2, 0.25) is 0 Å². The van der Waals surface area contributed by atoms with Crippen molar-refractivity contribution in [1.29, 1.82) is 0 Å². The van der Waals surface area contributed by atoms with E-state index in [2.05, 4.69) is 5.32 Å². The van der Waals surface area contributed by atoms with Crippen LogP contribution in [0.15, 0.2) is 24.3 Å². The first-order chi connectivity index (χ1) is 11.7. The summed E-state index contributed by atoms with van der Waals surface area (Å²) in [6.45, 7) is 2.11. The van der Waals surface area contributed by atoms with Gasteiger partial charge in [0.05, 0.1) is 5.92 Å². The number of hydrogen-bond acceptors (Lipinski definition) is 5. The van der Waals surface area contributed by atoms with Gasteiger partial charge in [0, 0.05) is 26.2 Å². The summed E-state index contributed by atoms with van der Waals surface area (Å²) in [7, 11) is 0. The Morgan fingerprint density at radius 1 is 1.28 bits per heavy atom. The number of rotatable bonds is 4. The van der Waals surface area contributed by atoms with Gasteiger partial charge < -0.3 is 25.4 Å². The predicted molar refractivity (Wildman–Crippen MR) is 95.0 cm³/mol. The summed E-state index contributed by atoms with van der Waals surface area (Å²) < 4.78 is 11.4. The Kier molecular flexibility index (Phi) is 6.90. The molecule has 25 heavy (non-hydrogen) atoms. The second-order valence-corrected chi connectivity index (χ2v) is 6.07. The first-order valence-corrected chi connectivity index (χ1v) is 8.34. The number of fused-ring (bicyclic) bond motifs is 1. The molecular weight excluding hydrogens is 346 g/mol. The van der Waals surface area contributed by atoms with Crippen molar-refractivity contribution in [3.63, 3.8) is 0 Å². The van der Waals surface area contributed by atoms with E-state index in [4.69, 9.17) is 15.2 Å². The molecule has 2 amide bonds. The maximum absolute atomic E-state index is 12.7. The van der Waals surface area contributed by atoms with Gasteiger partial charge in [0.15, 0.2) is 11.5 Å². The first kappa shape index (κ1) is 19.3. The van der Waals surface area contributed by atoms with Crippen molar-refractivity contribution in [2.75, 3.05) is 32.8 Å². The molecule has 1 aromatic carbocycles. The van der Waals surface area contributed by atoms with Gasteiger partial charge in [-0.1, -0.05) is 12.1 Å². The number of piperidine rings is 1. The largest absolute Gasteiger partial charge is 0.485 e. The summed E-state index contributed by atoms with van der Waals surface area (Å²) in [4.78, 5) is 26.5. The third kappa shape index (κ3) is 4.55. The Bertz CT molecular complexity index is 613. The van der Waals surface area contributed by atoms with Crippen molar-refractivity contribution in [1.82, 2.24) is 10.2 Å². The highest BCUT2D eigenvalue weighted by Crippen LogP contribution is 2.31. The molecule has 2 aliphatic heterocycles. The molecule has 2 heterocycles. The number of halogens is 1. The van der Waals surface area contributed by atoms with Crippen LogP contribution in [0.1, 0.15) is 12.8 Å². The molecule has 1 saturated heterocycles. The number of benzene rings is 1. The summed E-state index contributed by atoms with van der Waals surface area (Å²) in [5, 5.41) is 2.80. The highest BCUT2D eigenvalue weighted by molar-refractivity contribution is 5.85. The highest BCUT2D eigenvalue weighted by atomic mass is 35.5. The van der Waals surface area contributed by atoms with Crippen LogP contribution < -0.4 is 20.5 Å². The molecule has 3 rings (SSSR count). The molecule has 2 aliphatic rings. The molecule has 0 bridgehead atoms. The van der Waals surface area contributed by atoms with E-state index in [0.717, 1.165) is 12.8 Å². The lowest BCUT2D eigenvalue weighted by atomic mass is 9.96. The van der Waals surface area contributed by atoms with Gasteiger partial charge in [-0.15, -0.1) is 12.4 Å². The first-order valence-electron chi connectivity index (χ1n) is 8.34. The van der Waals surface area contributed by atoms with Gasteiger partial charge in [-0.05, 0) is 25.0 Å². The third-order valence-corrected chi connectivity index (χ3v) is 4.33. The van der Waals surface area contributed by atoms with Crippen LogP contribution in [-0.2, 0) is 9.59 Å². The van der Waals surface area contributed by atoms with Gasteiger partial charge in [-0.25, -0.2) is 0 Å². The van der Waals surface area contributed by atoms with E-state index in [1.54, 1.807) is 11.0 Å². The van der Waals surface area contributed by atoms with Crippen LogP contribution in [0.4, 0.5) is 0 Å². The second-order valence-electron chi connectivity index (χ2n) is 6.07. The van der Waals surface area contributed by atoms with E-state index >= 15 is 0 Å². The lowest BCUT2D eigenvalue weighted by Gasteiger charge is -2.35. The molecule has 0 saturated carbocycles. The fourth-order valence-corrected chi connectivity index (χ4v) is 3.08. The number of nitrogens with two attached hydrogens (primary N) is 1. The standard InChI is InChI=1S/C17H23N3O4.ClH/c18-7-8-19-16(21)12-4-3-9-20(10-12)17(22)15-11-23-13-5-1-2-6-14(13)24-15;/h1-2,5-6,12,15H,3-4,7-11,18H2,(H,19,21);1H. The highest BCUT2D eigenvalue weighted by Gasteiger charge is 2.35. The summed E-state index contributed by atoms with van der Waals surface area (Å²) >= 11 is 0. The molecular formula is C17H24ClN3O4. The third-order valence-electron chi connectivity index (χ3n) is 4.33. The zero-order valence-electron chi connectivity index (χ0n) is 14.0. The Balaban J connectivity index is 0.00000225. The van der Waals surface area contributed by atoms with Crippen LogP contribution in [0.5, 0.6) is 11.5 Å². The van der Waals surface area contributed by atoms with Crippen molar-refractivity contribution >= 4 is 24.2 Å². The number of nitrogens with zero attached hydrogens (tertiary/aromatic N) is 1. The molecule has 2 atom stereocenters. The summed E-state index contributed by atoms with van der Waals surface area (Å²) in [6.07, 6.45) is 0.924. The van der Waals surface area contributed by atoms with Gasteiger partial charge in [-0.2, -0.15) is 0 Å². The Morgan fingerprint density at radius 2 is 2.04 bits per heavy atom. The number of para-hydroxylation sites is 2. The lowest BCUT2D eigenvalue weighted by Crippen LogP contribution is -2.52. The molecule has 1 fully saturated rings. The smallest absolute Gasteiger partial charge is 0.267 e. The average Bonchev–Trinajstić information content (AvgIpc) is 2.65. The minimum absolute atomic E-state index is 0. The Morgan fingerprint density at radius 3 is 2.80 bits per heavy atom. The summed E-state index contributed by atoms with van der Waals surface area (Å²) in [6, 6.07) is 7.30. The minimum atomic E-state index is -0.661. The van der Waals surface area contributed by atoms with E-state index in [0.29, 0.717) is 37.7 Å². The van der Waals surface area contributed by atoms with Gasteiger partial charge in [0.1, 0.15) is 6.61 Å². The van der Waals surface area contributed by atoms with Crippen molar-refractivity contribution in [3.8, 4) is 11.5 Å². The van der Waals surface area contributed by atoms with Crippen LogP contribution in [0.3, 0.4) is 0 Å². The number of carbonyl (C=O) groups excluding carboxylic acids is 2. The van der Waals surface area contributed by atoms with E-state index in [1.807, 2.05) is 18.2 Å². The number of carbonyl (C=O) groups is 2. The molecule has 138 valence electrons. The Labute approximate surface area is 153 Å². The fraction of sp³-hybridized carbons (Fsp3) is 0.529. The Hall–Kier alpha value is -1.99. The minimum Gasteiger partial charge on any atom is -0.485 e. The van der Waals surface area contributed by atoms with Gasteiger partial charge in [-0.3, -0.25) is 9.59 Å². The van der Waals surface area contributed by atoms with Crippen molar-refractivity contribution < 1.29 is 19.1 Å². The topological polar surface area (TPSA) is 93.9 Å². The normalized spacial score (nSPS) is 21.9. The molecule has 7 nitrogen and oxygen atoms in total. The van der Waals surface area contributed by atoms with Crippen LogP contribution in [0.25, 0.3) is 0 Å². The number of likely N-dealkylation sites (tertiary alicyclic amines) is 1. The molecule has 2 unspecified atom stereocenters. The quantitative estimate of drug-likeness (QED) is 0.808. The van der Waals surface area contributed by atoms with Crippen LogP contribution in [-0.4, -0.2) is 55.6 Å². The maximum Gasteiger partial charge on any atom is 0.267 e. The number of hydrogen-bond donors (Lipinski definition) is 2. The van der Waals surface area contributed by atoms with E-state index in [-0.39, 0.29) is 36.7 Å². The molecule has 8 heteroatoms. The SMILES string of the molecule is Cl.NCCNC(=O)C1CCCN(C(=O)C2COc3ccccc3O2)C1. The summed E-state index contributed by atoms with van der Waals surface area (Å²) in [5.74, 6) is 0.881. The van der Waals surface area contributed by atoms with Crippen molar-refractivity contribution in [2.45, 2.75) is 18.9 Å². The second kappa shape index (κ2) is 8.92. The number of nitrogens with one attached hydrogen (secondary N) is 1. The predicted octanol–water partition coefficient (Wildman–Crippen LogP) is 0.562. The number of ether oxygens (including phenoxy) is 2. The maximum atomic E-state index is 12.7. The van der Waals surface area contributed by atoms with E-state index in [1.165, 1.54) is 0 Å². The molecule has 0 spiro atoms. The summed E-state index contributed by atoms with van der Waals surface area (Å²) in [5.41, 5.74) is 5.41. The fourth-order valence-electron chi connectivity index (χ4n) is 3.08. The van der Waals surface area contributed by atoms with Gasteiger partial charge >= 0.3 is 0 Å². The molecule has 0 radical (unpaired) electrons. The van der Waals surface area contributed by atoms with Crippen molar-refractivity contribution in [3.05, 3.63) is 24.3 Å². The average molecular weight is 370 g/mol. The zero-order valence-corrected chi connectivity index (χ0v) is 14.8. The van der Waals surface area contributed by atoms with Crippen LogP contribution in [0, 0.1) is 5.92 Å². The van der Waals surface area contributed by atoms with Gasteiger partial charge in [0.2, 0.25) is 12.0 Å². The van der Waals surface area contributed by atoms with E-state index in [9.17, 15) is 9.59 Å². The van der Waals surface area contributed by atoms with Crippen molar-refractivity contribution in [2.24, 2.45) is 11.7 Å². The zero-order chi connectivity index (χ0) is 16.9. The van der Waals surface area contributed by atoms with Crippen LogP contribution >= 0.6 is 12.4 Å². The monoisotopic (exact) mass is 369 g/mol. The molecule has 0 aliphatic carbocycles.